The zero-order valence-electron chi connectivity index (χ0n) is 13.5. The zero-order chi connectivity index (χ0) is 14.8. The summed E-state index contributed by atoms with van der Waals surface area (Å²) in [4.78, 5) is 2.34. The Morgan fingerprint density at radius 1 is 1.25 bits per heavy atom. The molecule has 0 bridgehead atoms. The van der Waals surface area contributed by atoms with Crippen LogP contribution in [0.15, 0.2) is 24.3 Å². The number of benzene rings is 1. The average molecular weight is 278 g/mol. The summed E-state index contributed by atoms with van der Waals surface area (Å²) in [5.74, 6) is 0. The monoisotopic (exact) mass is 278 g/mol. The normalized spacial score (nSPS) is 12.8. The molecule has 0 fully saturated rings. The van der Waals surface area contributed by atoms with Gasteiger partial charge in [0.1, 0.15) is 0 Å². The number of hydrogen-bond donors (Lipinski definition) is 1. The minimum atomic E-state index is 0.439. The summed E-state index contributed by atoms with van der Waals surface area (Å²) >= 11 is 0. The topological polar surface area (TPSA) is 24.5 Å². The first-order chi connectivity index (χ1) is 9.67. The largest absolute Gasteiger partial charge is 0.380 e. The van der Waals surface area contributed by atoms with Gasteiger partial charge in [0.05, 0.1) is 6.61 Å². The molecular formula is C17H30N2O. The van der Waals surface area contributed by atoms with Gasteiger partial charge >= 0.3 is 0 Å². The van der Waals surface area contributed by atoms with Gasteiger partial charge in [0.15, 0.2) is 0 Å². The molecule has 0 saturated heterocycles. The predicted octanol–water partition coefficient (Wildman–Crippen LogP) is 3.00. The van der Waals surface area contributed by atoms with Crippen molar-refractivity contribution >= 4 is 0 Å². The summed E-state index contributed by atoms with van der Waals surface area (Å²) in [5, 5.41) is 3.59. The third-order valence-electron chi connectivity index (χ3n) is 3.52. The summed E-state index contributed by atoms with van der Waals surface area (Å²) in [6, 6.07) is 9.25. The van der Waals surface area contributed by atoms with E-state index >= 15 is 0 Å². The molecule has 0 amide bonds. The first-order valence-electron chi connectivity index (χ1n) is 7.73. The lowest BCUT2D eigenvalue weighted by molar-refractivity contribution is 0.121. The third kappa shape index (κ3) is 6.51. The lowest BCUT2D eigenvalue weighted by Gasteiger charge is -2.23. The quantitative estimate of drug-likeness (QED) is 0.666. The van der Waals surface area contributed by atoms with Gasteiger partial charge in [-0.3, -0.25) is 0 Å². The van der Waals surface area contributed by atoms with Gasteiger partial charge in [-0.2, -0.15) is 0 Å². The Balaban J connectivity index is 2.46. The van der Waals surface area contributed by atoms with Gasteiger partial charge in [-0.25, -0.2) is 0 Å². The van der Waals surface area contributed by atoms with Crippen LogP contribution in [0.3, 0.4) is 0 Å². The van der Waals surface area contributed by atoms with Crippen LogP contribution in [0.1, 0.15) is 37.4 Å². The molecule has 0 aliphatic carbocycles. The molecule has 0 radical (unpaired) electrons. The Morgan fingerprint density at radius 3 is 2.70 bits per heavy atom. The summed E-state index contributed by atoms with van der Waals surface area (Å²) in [5.41, 5.74) is 2.72. The summed E-state index contributed by atoms with van der Waals surface area (Å²) in [6.45, 7) is 11.1. The number of rotatable bonds is 10. The minimum Gasteiger partial charge on any atom is -0.380 e. The van der Waals surface area contributed by atoms with Gasteiger partial charge < -0.3 is 15.0 Å². The van der Waals surface area contributed by atoms with Crippen molar-refractivity contribution in [3.05, 3.63) is 35.4 Å². The molecule has 0 spiro atoms. The van der Waals surface area contributed by atoms with Crippen molar-refractivity contribution in [3.8, 4) is 0 Å². The van der Waals surface area contributed by atoms with E-state index in [1.165, 1.54) is 11.1 Å². The molecule has 1 unspecified atom stereocenters. The van der Waals surface area contributed by atoms with Crippen LogP contribution in [0.5, 0.6) is 0 Å². The summed E-state index contributed by atoms with van der Waals surface area (Å²) < 4.78 is 5.40. The second-order valence-corrected chi connectivity index (χ2v) is 5.31. The van der Waals surface area contributed by atoms with Crippen LogP contribution < -0.4 is 5.32 Å². The Hall–Kier alpha value is -0.900. The van der Waals surface area contributed by atoms with Crippen LogP contribution in [0.2, 0.25) is 0 Å². The lowest BCUT2D eigenvalue weighted by Crippen LogP contribution is -2.29. The van der Waals surface area contributed by atoms with Crippen LogP contribution in [0.4, 0.5) is 0 Å². The SMILES string of the molecule is CCNC(CCN(C)CCOCC)c1cccc(C)c1. The van der Waals surface area contributed by atoms with Gasteiger partial charge in [-0.15, -0.1) is 0 Å². The molecule has 0 aromatic heterocycles. The van der Waals surface area contributed by atoms with Crippen molar-refractivity contribution in [2.24, 2.45) is 0 Å². The van der Waals surface area contributed by atoms with E-state index in [1.54, 1.807) is 0 Å². The number of likely N-dealkylation sites (N-methyl/N-ethyl adjacent to an activating group) is 1. The second kappa shape index (κ2) is 9.92. The van der Waals surface area contributed by atoms with Crippen molar-refractivity contribution in [1.82, 2.24) is 10.2 Å². The van der Waals surface area contributed by atoms with E-state index in [9.17, 15) is 0 Å². The molecule has 0 aliphatic rings. The second-order valence-electron chi connectivity index (χ2n) is 5.31. The van der Waals surface area contributed by atoms with E-state index in [0.29, 0.717) is 6.04 Å². The van der Waals surface area contributed by atoms with Crippen LogP contribution in [-0.2, 0) is 4.74 Å². The smallest absolute Gasteiger partial charge is 0.0593 e. The Bertz CT molecular complexity index is 368. The van der Waals surface area contributed by atoms with Gasteiger partial charge in [-0.1, -0.05) is 36.8 Å². The molecule has 3 nitrogen and oxygen atoms in total. The average Bonchev–Trinajstić information content (AvgIpc) is 2.43. The van der Waals surface area contributed by atoms with Gasteiger partial charge in [0.25, 0.3) is 0 Å². The van der Waals surface area contributed by atoms with Crippen LogP contribution in [-0.4, -0.2) is 44.8 Å². The fourth-order valence-electron chi connectivity index (χ4n) is 2.35. The van der Waals surface area contributed by atoms with Crippen molar-refractivity contribution in [2.45, 2.75) is 33.2 Å². The van der Waals surface area contributed by atoms with Crippen molar-refractivity contribution in [1.29, 1.82) is 0 Å². The number of aryl methyl sites for hydroxylation is 1. The molecule has 3 heteroatoms. The first-order valence-corrected chi connectivity index (χ1v) is 7.73. The standard InChI is InChI=1S/C17H30N2O/c1-5-18-17(16-9-7-8-15(3)14-16)10-11-19(4)12-13-20-6-2/h7-9,14,17-18H,5-6,10-13H2,1-4H3. The fraction of sp³-hybridized carbons (Fsp3) is 0.647. The van der Waals surface area contributed by atoms with Crippen molar-refractivity contribution in [2.75, 3.05) is 39.9 Å². The summed E-state index contributed by atoms with van der Waals surface area (Å²) in [7, 11) is 2.16. The van der Waals surface area contributed by atoms with E-state index in [0.717, 1.165) is 39.3 Å². The summed E-state index contributed by atoms with van der Waals surface area (Å²) in [6.07, 6.45) is 1.12. The van der Waals surface area contributed by atoms with Crippen molar-refractivity contribution in [3.63, 3.8) is 0 Å². The Kier molecular flexibility index (Phi) is 8.51. The highest BCUT2D eigenvalue weighted by atomic mass is 16.5. The van der Waals surface area contributed by atoms with Crippen LogP contribution in [0, 0.1) is 6.92 Å². The highest BCUT2D eigenvalue weighted by Crippen LogP contribution is 2.18. The van der Waals surface area contributed by atoms with Crippen LogP contribution >= 0.6 is 0 Å². The Morgan fingerprint density at radius 2 is 2.05 bits per heavy atom. The maximum absolute atomic E-state index is 5.40. The van der Waals surface area contributed by atoms with Gasteiger partial charge in [-0.05, 0) is 46.0 Å². The molecule has 114 valence electrons. The lowest BCUT2D eigenvalue weighted by atomic mass is 10.0. The molecule has 1 aromatic rings. The molecular weight excluding hydrogens is 248 g/mol. The number of nitrogens with zero attached hydrogens (tertiary/aromatic N) is 1. The van der Waals surface area contributed by atoms with E-state index in [1.807, 2.05) is 6.92 Å². The maximum atomic E-state index is 5.40. The van der Waals surface area contributed by atoms with Crippen molar-refractivity contribution < 1.29 is 4.74 Å². The molecule has 1 rings (SSSR count). The van der Waals surface area contributed by atoms with E-state index in [2.05, 4.69) is 55.4 Å². The highest BCUT2D eigenvalue weighted by Gasteiger charge is 2.11. The molecule has 0 heterocycles. The maximum Gasteiger partial charge on any atom is 0.0593 e. The molecule has 0 saturated carbocycles. The van der Waals surface area contributed by atoms with Gasteiger partial charge in [0, 0.05) is 19.2 Å². The molecule has 1 aromatic carbocycles. The molecule has 1 atom stereocenters. The first kappa shape index (κ1) is 17.2. The minimum absolute atomic E-state index is 0.439. The Labute approximate surface area is 124 Å². The number of hydrogen-bond acceptors (Lipinski definition) is 3. The van der Waals surface area contributed by atoms with Gasteiger partial charge in [0.2, 0.25) is 0 Å². The number of ether oxygens (including phenoxy) is 1. The molecule has 20 heavy (non-hydrogen) atoms. The fourth-order valence-corrected chi connectivity index (χ4v) is 2.35. The van der Waals surface area contributed by atoms with E-state index in [-0.39, 0.29) is 0 Å². The third-order valence-corrected chi connectivity index (χ3v) is 3.52. The highest BCUT2D eigenvalue weighted by molar-refractivity contribution is 5.25. The predicted molar refractivity (Wildman–Crippen MR) is 86.2 cm³/mol. The van der Waals surface area contributed by atoms with Crippen LogP contribution in [0.25, 0.3) is 0 Å². The van der Waals surface area contributed by atoms with E-state index in [4.69, 9.17) is 4.74 Å². The number of nitrogens with one attached hydrogen (secondary N) is 1. The zero-order valence-corrected chi connectivity index (χ0v) is 13.5. The molecule has 1 N–H and O–H groups in total. The van der Waals surface area contributed by atoms with E-state index < -0.39 is 0 Å². The molecule has 0 aliphatic heterocycles.